The molecular weight excluding hydrogens is 374 g/mol. The molecule has 1 aliphatic rings. The van der Waals surface area contributed by atoms with Crippen molar-refractivity contribution in [2.75, 3.05) is 5.32 Å². The first kappa shape index (κ1) is 22.0. The Bertz CT molecular complexity index is 833. The largest absolute Gasteiger partial charge is 0.359 e. The predicted molar refractivity (Wildman–Crippen MR) is 107 cm³/mol. The standard InChI is InChI=1S/C21H25N3O5/c1-3-15(9-10-25)16-5-4-6-17(12-16)22-14(2)11-20(28)24(13-26)18-7-8-19(27)23-21(18)29/h4-6,10-13,15,18,22H,3,7-9H2,1-2H3,(H,23,27,29)/b14-11+. The summed E-state index contributed by atoms with van der Waals surface area (Å²) < 4.78 is 0. The van der Waals surface area contributed by atoms with Gasteiger partial charge >= 0.3 is 0 Å². The van der Waals surface area contributed by atoms with Gasteiger partial charge in [0.05, 0.1) is 0 Å². The van der Waals surface area contributed by atoms with Crippen molar-refractivity contribution in [3.8, 4) is 0 Å². The molecule has 4 amide bonds. The summed E-state index contributed by atoms with van der Waals surface area (Å²) in [6, 6.07) is 6.55. The van der Waals surface area contributed by atoms with Crippen LogP contribution in [0, 0.1) is 0 Å². The third kappa shape index (κ3) is 5.84. The Kier molecular flexibility index (Phi) is 7.82. The molecular formula is C21H25N3O5. The highest BCUT2D eigenvalue weighted by Crippen LogP contribution is 2.25. The third-order valence-electron chi connectivity index (χ3n) is 4.83. The lowest BCUT2D eigenvalue weighted by Crippen LogP contribution is -2.53. The summed E-state index contributed by atoms with van der Waals surface area (Å²) in [5.74, 6) is -1.60. The van der Waals surface area contributed by atoms with Crippen LogP contribution in [0.1, 0.15) is 51.0 Å². The first-order chi connectivity index (χ1) is 13.9. The molecule has 2 unspecified atom stereocenters. The number of allylic oxidation sites excluding steroid dienone is 1. The van der Waals surface area contributed by atoms with E-state index in [2.05, 4.69) is 10.6 Å². The Morgan fingerprint density at radius 1 is 1.34 bits per heavy atom. The number of hydrogen-bond donors (Lipinski definition) is 2. The lowest BCUT2D eigenvalue weighted by Gasteiger charge is -2.27. The molecule has 29 heavy (non-hydrogen) atoms. The summed E-state index contributed by atoms with van der Waals surface area (Å²) in [5.41, 5.74) is 2.24. The Morgan fingerprint density at radius 3 is 2.72 bits per heavy atom. The van der Waals surface area contributed by atoms with Gasteiger partial charge in [-0.25, -0.2) is 0 Å². The number of anilines is 1. The number of carbonyl (C=O) groups is 5. The van der Waals surface area contributed by atoms with Crippen LogP contribution in [0.3, 0.4) is 0 Å². The summed E-state index contributed by atoms with van der Waals surface area (Å²) >= 11 is 0. The van der Waals surface area contributed by atoms with Crippen molar-refractivity contribution in [2.45, 2.75) is 51.5 Å². The number of hydrogen-bond acceptors (Lipinski definition) is 6. The summed E-state index contributed by atoms with van der Waals surface area (Å²) in [7, 11) is 0. The van der Waals surface area contributed by atoms with Crippen molar-refractivity contribution >= 4 is 36.1 Å². The zero-order valence-corrected chi connectivity index (χ0v) is 16.5. The molecule has 1 aliphatic heterocycles. The summed E-state index contributed by atoms with van der Waals surface area (Å²) in [5, 5.41) is 5.22. The lowest BCUT2D eigenvalue weighted by molar-refractivity contribution is -0.148. The minimum atomic E-state index is -1.00. The van der Waals surface area contributed by atoms with Gasteiger partial charge in [0.2, 0.25) is 18.2 Å². The number of carbonyl (C=O) groups excluding carboxylic acids is 5. The van der Waals surface area contributed by atoms with Gasteiger partial charge in [-0.15, -0.1) is 0 Å². The van der Waals surface area contributed by atoms with Crippen LogP contribution in [0.5, 0.6) is 0 Å². The average molecular weight is 399 g/mol. The van der Waals surface area contributed by atoms with E-state index < -0.39 is 23.8 Å². The van der Waals surface area contributed by atoms with E-state index in [9.17, 15) is 24.0 Å². The topological polar surface area (TPSA) is 113 Å². The minimum Gasteiger partial charge on any atom is -0.359 e. The molecule has 1 saturated heterocycles. The maximum absolute atomic E-state index is 12.5. The molecule has 0 aliphatic carbocycles. The fourth-order valence-corrected chi connectivity index (χ4v) is 3.28. The van der Waals surface area contributed by atoms with Crippen LogP contribution in [-0.2, 0) is 24.0 Å². The molecule has 2 N–H and O–H groups in total. The maximum Gasteiger partial charge on any atom is 0.255 e. The molecule has 154 valence electrons. The lowest BCUT2D eigenvalue weighted by atomic mass is 9.93. The van der Waals surface area contributed by atoms with Crippen molar-refractivity contribution in [1.82, 2.24) is 10.2 Å². The highest BCUT2D eigenvalue weighted by Gasteiger charge is 2.33. The monoisotopic (exact) mass is 399 g/mol. The van der Waals surface area contributed by atoms with E-state index in [-0.39, 0.29) is 18.8 Å². The van der Waals surface area contributed by atoms with Crippen LogP contribution in [0.2, 0.25) is 0 Å². The second-order valence-electron chi connectivity index (χ2n) is 6.90. The Balaban J connectivity index is 2.11. The smallest absolute Gasteiger partial charge is 0.255 e. The van der Waals surface area contributed by atoms with Gasteiger partial charge in [-0.1, -0.05) is 19.1 Å². The van der Waals surface area contributed by atoms with Crippen LogP contribution in [0.15, 0.2) is 36.0 Å². The number of benzene rings is 1. The van der Waals surface area contributed by atoms with E-state index in [1.54, 1.807) is 6.92 Å². The van der Waals surface area contributed by atoms with Crippen molar-refractivity contribution in [3.63, 3.8) is 0 Å². The summed E-state index contributed by atoms with van der Waals surface area (Å²) in [6.07, 6.45) is 3.88. The van der Waals surface area contributed by atoms with E-state index >= 15 is 0 Å². The fourth-order valence-electron chi connectivity index (χ4n) is 3.28. The number of piperidine rings is 1. The van der Waals surface area contributed by atoms with Crippen LogP contribution in [-0.4, -0.2) is 41.4 Å². The van der Waals surface area contributed by atoms with Gasteiger partial charge in [-0.2, -0.15) is 0 Å². The SMILES string of the molecule is CCC(CC=O)c1cccc(N/C(C)=C/C(=O)N(C=O)C2CCC(=O)NC2=O)c1. The molecule has 1 fully saturated rings. The Labute approximate surface area is 169 Å². The molecule has 8 nitrogen and oxygen atoms in total. The number of nitrogens with zero attached hydrogens (tertiary/aromatic N) is 1. The highest BCUT2D eigenvalue weighted by atomic mass is 16.2. The number of nitrogens with one attached hydrogen (secondary N) is 2. The normalized spacial score (nSPS) is 17.9. The van der Waals surface area contributed by atoms with Gasteiger partial charge in [0.25, 0.3) is 5.91 Å². The molecule has 1 heterocycles. The molecule has 8 heteroatoms. The van der Waals surface area contributed by atoms with Gasteiger partial charge in [-0.05, 0) is 43.4 Å². The van der Waals surface area contributed by atoms with Crippen LogP contribution in [0.25, 0.3) is 0 Å². The highest BCUT2D eigenvalue weighted by molar-refractivity contribution is 6.05. The summed E-state index contributed by atoms with van der Waals surface area (Å²) in [6.45, 7) is 3.68. The van der Waals surface area contributed by atoms with Crippen molar-refractivity contribution in [3.05, 3.63) is 41.6 Å². The van der Waals surface area contributed by atoms with E-state index in [0.29, 0.717) is 18.5 Å². The van der Waals surface area contributed by atoms with Gasteiger partial charge < -0.3 is 10.1 Å². The molecule has 1 aromatic rings. The first-order valence-electron chi connectivity index (χ1n) is 9.49. The number of imide groups is 2. The molecule has 0 saturated carbocycles. The van der Waals surface area contributed by atoms with Crippen molar-refractivity contribution in [2.24, 2.45) is 0 Å². The fraction of sp³-hybridized carbons (Fsp3) is 0.381. The predicted octanol–water partition coefficient (Wildman–Crippen LogP) is 1.88. The molecule has 1 aromatic carbocycles. The number of aldehydes is 1. The van der Waals surface area contributed by atoms with E-state index in [0.717, 1.165) is 28.9 Å². The molecule has 0 radical (unpaired) electrons. The average Bonchev–Trinajstić information content (AvgIpc) is 2.68. The second kappa shape index (κ2) is 10.3. The maximum atomic E-state index is 12.5. The van der Waals surface area contributed by atoms with E-state index in [1.807, 2.05) is 31.2 Å². The van der Waals surface area contributed by atoms with Crippen molar-refractivity contribution in [1.29, 1.82) is 0 Å². The second-order valence-corrected chi connectivity index (χ2v) is 6.90. The van der Waals surface area contributed by atoms with Gasteiger partial charge in [0.1, 0.15) is 12.3 Å². The first-order valence-corrected chi connectivity index (χ1v) is 9.49. The molecule has 2 atom stereocenters. The van der Waals surface area contributed by atoms with Crippen LogP contribution < -0.4 is 10.6 Å². The van der Waals surface area contributed by atoms with Crippen LogP contribution >= 0.6 is 0 Å². The zero-order chi connectivity index (χ0) is 21.4. The zero-order valence-electron chi connectivity index (χ0n) is 16.5. The summed E-state index contributed by atoms with van der Waals surface area (Å²) in [4.78, 5) is 58.7. The quantitative estimate of drug-likeness (QED) is 0.372. The number of amides is 4. The van der Waals surface area contributed by atoms with Gasteiger partial charge in [-0.3, -0.25) is 29.4 Å². The Hall–Kier alpha value is -3.29. The third-order valence-corrected chi connectivity index (χ3v) is 4.83. The van der Waals surface area contributed by atoms with Gasteiger partial charge in [0.15, 0.2) is 0 Å². The minimum absolute atomic E-state index is 0.0706. The molecule has 0 spiro atoms. The Morgan fingerprint density at radius 2 is 2.10 bits per heavy atom. The van der Waals surface area contributed by atoms with E-state index in [4.69, 9.17) is 0 Å². The van der Waals surface area contributed by atoms with E-state index in [1.165, 1.54) is 6.08 Å². The molecule has 2 rings (SSSR count). The van der Waals surface area contributed by atoms with Crippen LogP contribution in [0.4, 0.5) is 5.69 Å². The van der Waals surface area contributed by atoms with Gasteiger partial charge in [0, 0.05) is 30.3 Å². The number of rotatable bonds is 9. The molecule has 0 aromatic heterocycles. The molecule has 0 bridgehead atoms. The van der Waals surface area contributed by atoms with Crippen molar-refractivity contribution < 1.29 is 24.0 Å².